The van der Waals surface area contributed by atoms with E-state index in [0.717, 1.165) is 11.3 Å². The van der Waals surface area contributed by atoms with Gasteiger partial charge in [0.15, 0.2) is 5.78 Å². The van der Waals surface area contributed by atoms with Gasteiger partial charge in [-0.15, -0.1) is 0 Å². The molecule has 0 spiro atoms. The normalized spacial score (nSPS) is 20.3. The van der Waals surface area contributed by atoms with Crippen molar-refractivity contribution in [3.63, 3.8) is 0 Å². The van der Waals surface area contributed by atoms with E-state index in [0.29, 0.717) is 43.7 Å². The monoisotopic (exact) mass is 279 g/mol. The first-order chi connectivity index (χ1) is 9.51. The van der Waals surface area contributed by atoms with Gasteiger partial charge in [0, 0.05) is 50.9 Å². The first-order valence-electron chi connectivity index (χ1n) is 6.96. The summed E-state index contributed by atoms with van der Waals surface area (Å²) < 4.78 is 5.01. The molecule has 0 aliphatic heterocycles. The molecule has 1 aliphatic rings. The van der Waals surface area contributed by atoms with Gasteiger partial charge in [0.2, 0.25) is 0 Å². The van der Waals surface area contributed by atoms with Crippen molar-refractivity contribution in [2.45, 2.75) is 26.2 Å². The van der Waals surface area contributed by atoms with Crippen LogP contribution in [0.3, 0.4) is 0 Å². The number of rotatable bonds is 6. The van der Waals surface area contributed by atoms with Crippen molar-refractivity contribution < 1.29 is 9.53 Å². The number of carbonyl (C=O) groups is 1. The van der Waals surface area contributed by atoms with Crippen LogP contribution in [0, 0.1) is 5.41 Å². The quantitative estimate of drug-likeness (QED) is 0.574. The second-order valence-electron chi connectivity index (χ2n) is 5.05. The van der Waals surface area contributed by atoms with Crippen LogP contribution in [0.1, 0.15) is 26.2 Å². The van der Waals surface area contributed by atoms with Crippen molar-refractivity contribution in [3.05, 3.63) is 23.0 Å². The third kappa shape index (κ3) is 4.20. The lowest BCUT2D eigenvalue weighted by atomic mass is 9.86. The Morgan fingerprint density at radius 3 is 2.70 bits per heavy atom. The number of carbonyl (C=O) groups excluding carboxylic acids is 1. The zero-order valence-electron chi connectivity index (χ0n) is 12.9. The largest absolute Gasteiger partial charge is 0.385 e. The highest BCUT2D eigenvalue weighted by molar-refractivity contribution is 6.29. The predicted molar refractivity (Wildman–Crippen MR) is 80.9 cm³/mol. The summed E-state index contributed by atoms with van der Waals surface area (Å²) in [4.78, 5) is 14.4. The Labute approximate surface area is 121 Å². The van der Waals surface area contributed by atoms with E-state index in [1.807, 2.05) is 32.1 Å². The van der Waals surface area contributed by atoms with Crippen LogP contribution in [0.15, 0.2) is 23.0 Å². The van der Waals surface area contributed by atoms with Crippen molar-refractivity contribution in [1.29, 1.82) is 5.41 Å². The number of ketones is 1. The Kier molecular flexibility index (Phi) is 6.45. The molecule has 5 heteroatoms. The molecule has 20 heavy (non-hydrogen) atoms. The third-order valence-electron chi connectivity index (χ3n) is 3.18. The van der Waals surface area contributed by atoms with Crippen LogP contribution in [0.2, 0.25) is 0 Å². The van der Waals surface area contributed by atoms with Crippen LogP contribution in [-0.2, 0) is 9.53 Å². The van der Waals surface area contributed by atoms with Crippen molar-refractivity contribution >= 4 is 11.5 Å². The van der Waals surface area contributed by atoms with Gasteiger partial charge in [-0.2, -0.15) is 0 Å². The number of ether oxygens (including phenoxy) is 1. The third-order valence-corrected chi connectivity index (χ3v) is 3.18. The maximum absolute atomic E-state index is 12.5. The van der Waals surface area contributed by atoms with Gasteiger partial charge >= 0.3 is 0 Å². The first-order valence-corrected chi connectivity index (χ1v) is 6.96. The fraction of sp³-hybridized carbons (Fsp3) is 0.600. The van der Waals surface area contributed by atoms with Gasteiger partial charge in [0.1, 0.15) is 0 Å². The van der Waals surface area contributed by atoms with E-state index in [4.69, 9.17) is 10.1 Å². The maximum Gasteiger partial charge on any atom is 0.194 e. The van der Waals surface area contributed by atoms with Gasteiger partial charge in [-0.1, -0.05) is 6.92 Å². The molecule has 0 amide bonds. The number of allylic oxidation sites excluding steroid dienone is 3. The molecule has 1 fully saturated rings. The molecular formula is C15H25N3O2. The zero-order chi connectivity index (χ0) is 15.1. The van der Waals surface area contributed by atoms with Crippen molar-refractivity contribution in [2.75, 3.05) is 34.4 Å². The molecule has 0 heterocycles. The van der Waals surface area contributed by atoms with Crippen LogP contribution >= 0.6 is 0 Å². The van der Waals surface area contributed by atoms with E-state index in [1.165, 1.54) is 0 Å². The Balaban J connectivity index is 3.02. The molecule has 112 valence electrons. The molecule has 0 radical (unpaired) electrons. The number of hydrogen-bond acceptors (Lipinski definition) is 5. The van der Waals surface area contributed by atoms with Gasteiger partial charge in [-0.3, -0.25) is 4.79 Å². The summed E-state index contributed by atoms with van der Waals surface area (Å²) in [7, 11) is 5.45. The minimum absolute atomic E-state index is 0.0169. The lowest BCUT2D eigenvalue weighted by Gasteiger charge is -2.22. The minimum Gasteiger partial charge on any atom is -0.385 e. The molecule has 0 saturated heterocycles. The molecule has 0 bridgehead atoms. The molecule has 1 saturated carbocycles. The summed E-state index contributed by atoms with van der Waals surface area (Å²) in [6.07, 6.45) is 3.84. The number of Topliss-reactive ketones (excluding diaryl/α,β-unsaturated/α-hetero) is 1. The molecule has 0 aromatic rings. The van der Waals surface area contributed by atoms with Crippen molar-refractivity contribution in [2.24, 2.45) is 0 Å². The number of nitrogens with one attached hydrogen (secondary N) is 2. The van der Waals surface area contributed by atoms with E-state index in [-0.39, 0.29) is 5.78 Å². The smallest absolute Gasteiger partial charge is 0.194 e. The highest BCUT2D eigenvalue weighted by Gasteiger charge is 2.27. The zero-order valence-corrected chi connectivity index (χ0v) is 12.9. The highest BCUT2D eigenvalue weighted by Crippen LogP contribution is 2.25. The van der Waals surface area contributed by atoms with E-state index in [2.05, 4.69) is 5.32 Å². The molecule has 0 aromatic heterocycles. The number of nitrogens with zero attached hydrogens (tertiary/aromatic N) is 1. The lowest BCUT2D eigenvalue weighted by Crippen LogP contribution is -2.29. The van der Waals surface area contributed by atoms with Gasteiger partial charge in [0.05, 0.1) is 12.2 Å². The number of methoxy groups -OCH3 is 1. The average Bonchev–Trinajstić information content (AvgIpc) is 2.40. The fourth-order valence-corrected chi connectivity index (χ4v) is 2.24. The Bertz CT molecular complexity index is 436. The van der Waals surface area contributed by atoms with Crippen LogP contribution in [0.25, 0.3) is 0 Å². The molecule has 5 nitrogen and oxygen atoms in total. The van der Waals surface area contributed by atoms with Gasteiger partial charge < -0.3 is 20.4 Å². The number of hydrogen-bond donors (Lipinski definition) is 2. The summed E-state index contributed by atoms with van der Waals surface area (Å²) in [6, 6.07) is 0. The van der Waals surface area contributed by atoms with Gasteiger partial charge in [-0.05, 0) is 19.3 Å². The highest BCUT2D eigenvalue weighted by atomic mass is 16.5. The van der Waals surface area contributed by atoms with Crippen molar-refractivity contribution in [3.8, 4) is 0 Å². The predicted octanol–water partition coefficient (Wildman–Crippen LogP) is 1.71. The summed E-state index contributed by atoms with van der Waals surface area (Å²) in [6.45, 7) is 3.22. The van der Waals surface area contributed by atoms with Crippen molar-refractivity contribution in [1.82, 2.24) is 10.2 Å². The Morgan fingerprint density at radius 1 is 1.45 bits per heavy atom. The van der Waals surface area contributed by atoms with E-state index >= 15 is 0 Å². The molecule has 0 aromatic carbocycles. The first kappa shape index (κ1) is 16.4. The van der Waals surface area contributed by atoms with Crippen LogP contribution in [-0.4, -0.2) is 50.8 Å². The van der Waals surface area contributed by atoms with Crippen LogP contribution in [0.5, 0.6) is 0 Å². The SMILES string of the molecule is CC/C(NCCOC)=C1/C(=N)CC/C(=C\N(C)C)C1=O. The Morgan fingerprint density at radius 2 is 2.15 bits per heavy atom. The topological polar surface area (TPSA) is 65.4 Å². The fourth-order valence-electron chi connectivity index (χ4n) is 2.24. The van der Waals surface area contributed by atoms with E-state index < -0.39 is 0 Å². The lowest BCUT2D eigenvalue weighted by molar-refractivity contribution is -0.112. The Hall–Kier alpha value is -1.62. The standard InChI is InChI=1S/C15H25N3O2/c1-5-13(17-8-9-20-4)14-12(16)7-6-11(15(14)19)10-18(2)3/h10,16-17H,5-9H2,1-4H3/b11-10+,14-13+,16-12?. The second-order valence-corrected chi connectivity index (χ2v) is 5.05. The van der Waals surface area contributed by atoms with E-state index in [1.54, 1.807) is 7.11 Å². The summed E-state index contributed by atoms with van der Waals surface area (Å²) in [5, 5.41) is 11.3. The van der Waals surface area contributed by atoms with Crippen LogP contribution < -0.4 is 5.32 Å². The summed E-state index contributed by atoms with van der Waals surface area (Å²) >= 11 is 0. The summed E-state index contributed by atoms with van der Waals surface area (Å²) in [5.74, 6) is -0.0169. The molecule has 2 N–H and O–H groups in total. The molecular weight excluding hydrogens is 254 g/mol. The van der Waals surface area contributed by atoms with Gasteiger partial charge in [0.25, 0.3) is 0 Å². The van der Waals surface area contributed by atoms with Crippen LogP contribution in [0.4, 0.5) is 0 Å². The summed E-state index contributed by atoms with van der Waals surface area (Å²) in [5.41, 5.74) is 2.61. The molecule has 0 unspecified atom stereocenters. The molecule has 1 rings (SSSR count). The molecule has 1 aliphatic carbocycles. The second kappa shape index (κ2) is 7.85. The van der Waals surface area contributed by atoms with Gasteiger partial charge in [-0.25, -0.2) is 0 Å². The van der Waals surface area contributed by atoms with E-state index in [9.17, 15) is 4.79 Å². The maximum atomic E-state index is 12.5. The molecule has 0 atom stereocenters. The average molecular weight is 279 g/mol. The minimum atomic E-state index is -0.0169.